The van der Waals surface area contributed by atoms with E-state index in [0.717, 1.165) is 25.8 Å². The molecule has 5 heteroatoms. The van der Waals surface area contributed by atoms with Crippen molar-refractivity contribution in [3.63, 3.8) is 0 Å². The molecule has 98 valence electrons. The smallest absolute Gasteiger partial charge is 0.241 e. The quantitative estimate of drug-likeness (QED) is 0.688. The summed E-state index contributed by atoms with van der Waals surface area (Å²) in [5, 5.41) is 2.89. The van der Waals surface area contributed by atoms with Crippen molar-refractivity contribution >= 4 is 23.0 Å². The molecule has 0 bridgehead atoms. The molecule has 1 saturated heterocycles. The molecule has 0 aliphatic carbocycles. The summed E-state index contributed by atoms with van der Waals surface area (Å²) in [6.45, 7) is 0.974. The Kier molecular flexibility index (Phi) is 3.72. The minimum absolute atomic E-state index is 0.0290. The van der Waals surface area contributed by atoms with E-state index in [1.54, 1.807) is 18.2 Å². The summed E-state index contributed by atoms with van der Waals surface area (Å²) in [4.78, 5) is 14.2. The van der Waals surface area contributed by atoms with Crippen molar-refractivity contribution in [2.45, 2.75) is 25.3 Å². The molecule has 1 aliphatic rings. The summed E-state index contributed by atoms with van der Waals surface area (Å²) >= 11 is 0. The third-order valence-corrected chi connectivity index (χ3v) is 3.43. The monoisotopic (exact) mass is 248 g/mol. The highest BCUT2D eigenvalue weighted by Gasteiger charge is 2.25. The van der Waals surface area contributed by atoms with Gasteiger partial charge in [0.05, 0.1) is 17.4 Å². The average Bonchev–Trinajstić information content (AvgIpc) is 2.34. The fourth-order valence-electron chi connectivity index (χ4n) is 2.28. The molecule has 1 amide bonds. The molecule has 1 aromatic rings. The second kappa shape index (κ2) is 5.27. The van der Waals surface area contributed by atoms with Crippen LogP contribution in [-0.2, 0) is 4.79 Å². The summed E-state index contributed by atoms with van der Waals surface area (Å²) in [5.74, 6) is 0.0290. The molecule has 18 heavy (non-hydrogen) atoms. The molecule has 5 nitrogen and oxygen atoms in total. The van der Waals surface area contributed by atoms with Crippen molar-refractivity contribution < 1.29 is 4.79 Å². The van der Waals surface area contributed by atoms with E-state index in [9.17, 15) is 4.79 Å². The van der Waals surface area contributed by atoms with Crippen molar-refractivity contribution in [1.29, 1.82) is 0 Å². The molecule has 1 aromatic carbocycles. The lowest BCUT2D eigenvalue weighted by molar-refractivity contribution is -0.121. The minimum atomic E-state index is -0.0440. The van der Waals surface area contributed by atoms with E-state index in [2.05, 4.69) is 10.2 Å². The van der Waals surface area contributed by atoms with Crippen LogP contribution in [0.1, 0.15) is 19.3 Å². The summed E-state index contributed by atoms with van der Waals surface area (Å²) in [6.07, 6.45) is 3.17. The van der Waals surface area contributed by atoms with Crippen LogP contribution in [0.5, 0.6) is 0 Å². The van der Waals surface area contributed by atoms with Gasteiger partial charge in [-0.15, -0.1) is 0 Å². The highest BCUT2D eigenvalue weighted by Crippen LogP contribution is 2.21. The second-order valence-corrected chi connectivity index (χ2v) is 4.83. The maximum absolute atomic E-state index is 12.1. The van der Waals surface area contributed by atoms with E-state index < -0.39 is 0 Å². The molecular weight excluding hydrogens is 228 g/mol. The largest absolute Gasteiger partial charge is 0.397 e. The fourth-order valence-corrected chi connectivity index (χ4v) is 2.28. The van der Waals surface area contributed by atoms with Crippen LogP contribution in [0.25, 0.3) is 0 Å². The third kappa shape index (κ3) is 2.73. The topological polar surface area (TPSA) is 84.4 Å². The summed E-state index contributed by atoms with van der Waals surface area (Å²) in [5.41, 5.74) is 13.1. The highest BCUT2D eigenvalue weighted by atomic mass is 16.2. The van der Waals surface area contributed by atoms with Crippen molar-refractivity contribution in [3.05, 3.63) is 18.2 Å². The molecular formula is C13H20N4O. The Morgan fingerprint density at radius 1 is 1.33 bits per heavy atom. The first-order chi connectivity index (χ1) is 8.58. The predicted molar refractivity (Wildman–Crippen MR) is 74.2 cm³/mol. The third-order valence-electron chi connectivity index (χ3n) is 3.43. The highest BCUT2D eigenvalue weighted by molar-refractivity contribution is 5.95. The van der Waals surface area contributed by atoms with Gasteiger partial charge in [0.2, 0.25) is 5.91 Å². The van der Waals surface area contributed by atoms with Gasteiger partial charge in [-0.2, -0.15) is 0 Å². The molecule has 1 aliphatic heterocycles. The summed E-state index contributed by atoms with van der Waals surface area (Å²) in [6, 6.07) is 5.12. The minimum Gasteiger partial charge on any atom is -0.397 e. The van der Waals surface area contributed by atoms with E-state index in [4.69, 9.17) is 11.5 Å². The first-order valence-electron chi connectivity index (χ1n) is 6.24. The van der Waals surface area contributed by atoms with Gasteiger partial charge in [-0.05, 0) is 44.6 Å². The molecule has 1 fully saturated rings. The number of nitrogen functional groups attached to an aromatic ring is 2. The van der Waals surface area contributed by atoms with Crippen molar-refractivity contribution in [2.24, 2.45) is 0 Å². The van der Waals surface area contributed by atoms with E-state index in [-0.39, 0.29) is 11.9 Å². The van der Waals surface area contributed by atoms with E-state index in [1.165, 1.54) is 0 Å². The number of piperidine rings is 1. The maximum Gasteiger partial charge on any atom is 0.241 e. The first kappa shape index (κ1) is 12.7. The Labute approximate surface area is 107 Å². The van der Waals surface area contributed by atoms with Gasteiger partial charge in [0, 0.05) is 5.69 Å². The van der Waals surface area contributed by atoms with E-state index in [1.807, 2.05) is 7.05 Å². The molecule has 0 radical (unpaired) electrons. The van der Waals surface area contributed by atoms with E-state index >= 15 is 0 Å². The van der Waals surface area contributed by atoms with Gasteiger partial charge in [0.25, 0.3) is 0 Å². The van der Waals surface area contributed by atoms with Gasteiger partial charge in [0.15, 0.2) is 0 Å². The van der Waals surface area contributed by atoms with Gasteiger partial charge < -0.3 is 16.8 Å². The summed E-state index contributed by atoms with van der Waals surface area (Å²) in [7, 11) is 1.99. The Hall–Kier alpha value is -1.75. The average molecular weight is 248 g/mol. The number of hydrogen-bond donors (Lipinski definition) is 3. The van der Waals surface area contributed by atoms with Crippen LogP contribution < -0.4 is 16.8 Å². The zero-order chi connectivity index (χ0) is 13.1. The second-order valence-electron chi connectivity index (χ2n) is 4.83. The number of nitrogens with two attached hydrogens (primary N) is 2. The van der Waals surface area contributed by atoms with Crippen LogP contribution in [-0.4, -0.2) is 30.4 Å². The van der Waals surface area contributed by atoms with Crippen LogP contribution in [0.4, 0.5) is 17.1 Å². The number of anilines is 3. The fraction of sp³-hybridized carbons (Fsp3) is 0.462. The van der Waals surface area contributed by atoms with Crippen LogP contribution in [0, 0.1) is 0 Å². The predicted octanol–water partition coefficient (Wildman–Crippen LogP) is 1.27. The van der Waals surface area contributed by atoms with Gasteiger partial charge in [-0.3, -0.25) is 9.69 Å². The zero-order valence-electron chi connectivity index (χ0n) is 10.6. The van der Waals surface area contributed by atoms with Gasteiger partial charge >= 0.3 is 0 Å². The van der Waals surface area contributed by atoms with Crippen LogP contribution in [0.3, 0.4) is 0 Å². The zero-order valence-corrected chi connectivity index (χ0v) is 10.6. The standard InChI is InChI=1S/C13H20N4O/c1-17-7-3-2-4-12(17)13(18)16-9-5-6-10(14)11(15)8-9/h5-6,8,12H,2-4,7,14-15H2,1H3,(H,16,18)/t12-/m0/s1. The number of nitrogens with one attached hydrogen (secondary N) is 1. The van der Waals surface area contributed by atoms with Gasteiger partial charge in [-0.25, -0.2) is 0 Å². The number of likely N-dealkylation sites (tertiary alicyclic amines) is 1. The number of amides is 1. The van der Waals surface area contributed by atoms with Crippen molar-refractivity contribution in [1.82, 2.24) is 4.90 Å². The van der Waals surface area contributed by atoms with Crippen LogP contribution in [0.15, 0.2) is 18.2 Å². The summed E-state index contributed by atoms with van der Waals surface area (Å²) < 4.78 is 0. The van der Waals surface area contributed by atoms with Gasteiger partial charge in [-0.1, -0.05) is 6.42 Å². The molecule has 0 saturated carbocycles. The number of carbonyl (C=O) groups excluding carboxylic acids is 1. The lowest BCUT2D eigenvalue weighted by Gasteiger charge is -2.31. The molecule has 1 atom stereocenters. The number of benzene rings is 1. The lowest BCUT2D eigenvalue weighted by Crippen LogP contribution is -2.44. The molecule has 2 rings (SSSR count). The number of nitrogens with zero attached hydrogens (tertiary/aromatic N) is 1. The molecule has 5 N–H and O–H groups in total. The first-order valence-corrected chi connectivity index (χ1v) is 6.24. The molecule has 0 unspecified atom stereocenters. The van der Waals surface area contributed by atoms with Crippen LogP contribution >= 0.6 is 0 Å². The maximum atomic E-state index is 12.1. The lowest BCUT2D eigenvalue weighted by atomic mass is 10.0. The van der Waals surface area contributed by atoms with E-state index in [0.29, 0.717) is 17.1 Å². The van der Waals surface area contributed by atoms with Crippen LogP contribution in [0.2, 0.25) is 0 Å². The number of carbonyl (C=O) groups is 1. The Bertz CT molecular complexity index is 447. The molecule has 0 aromatic heterocycles. The molecule has 1 heterocycles. The normalized spacial score (nSPS) is 20.6. The van der Waals surface area contributed by atoms with Gasteiger partial charge in [0.1, 0.15) is 0 Å². The number of rotatable bonds is 2. The Morgan fingerprint density at radius 2 is 2.11 bits per heavy atom. The number of hydrogen-bond acceptors (Lipinski definition) is 4. The number of likely N-dealkylation sites (N-methyl/N-ethyl adjacent to an activating group) is 1. The molecule has 0 spiro atoms. The van der Waals surface area contributed by atoms with Crippen molar-refractivity contribution in [3.8, 4) is 0 Å². The SMILES string of the molecule is CN1CCCC[C@H]1C(=O)Nc1ccc(N)c(N)c1. The Balaban J connectivity index is 2.04. The Morgan fingerprint density at radius 3 is 2.78 bits per heavy atom. The van der Waals surface area contributed by atoms with Crippen molar-refractivity contribution in [2.75, 3.05) is 30.4 Å².